The van der Waals surface area contributed by atoms with Crippen LogP contribution in [0.2, 0.25) is 0 Å². The Labute approximate surface area is 150 Å². The Bertz CT molecular complexity index is 847. The molecule has 1 aliphatic heterocycles. The molecule has 0 saturated heterocycles. The maximum Gasteiger partial charge on any atom is 0.290 e. The summed E-state index contributed by atoms with van der Waals surface area (Å²) in [7, 11) is 0. The average molecular weight is 354 g/mol. The van der Waals surface area contributed by atoms with Gasteiger partial charge < -0.3 is 10.0 Å². The Morgan fingerprint density at radius 1 is 1.27 bits per heavy atom. The lowest BCUT2D eigenvalue weighted by atomic mass is 9.96. The van der Waals surface area contributed by atoms with Gasteiger partial charge in [0.15, 0.2) is 11.5 Å². The number of aliphatic hydroxyl groups excluding tert-OH is 1. The summed E-state index contributed by atoms with van der Waals surface area (Å²) in [6, 6.07) is 8.87. The smallest absolute Gasteiger partial charge is 0.290 e. The molecule has 3 rings (SSSR count). The standard InChI is InChI=1S/C20H19FN2O3/c1-2-16(24)17-18(14-4-3-10-22-12-14)23(20(26)19(17)25)11-9-13-5-7-15(21)8-6-13/h3-8,10,12,18,25H,2,9,11H2,1H3. The zero-order chi connectivity index (χ0) is 18.7. The summed E-state index contributed by atoms with van der Waals surface area (Å²) < 4.78 is 13.1. The number of aromatic nitrogens is 1. The molecule has 5 nitrogen and oxygen atoms in total. The lowest BCUT2D eigenvalue weighted by molar-refractivity contribution is -0.129. The predicted molar refractivity (Wildman–Crippen MR) is 93.7 cm³/mol. The molecule has 1 atom stereocenters. The van der Waals surface area contributed by atoms with Gasteiger partial charge in [0.2, 0.25) is 0 Å². The van der Waals surface area contributed by atoms with Crippen molar-refractivity contribution in [3.63, 3.8) is 0 Å². The van der Waals surface area contributed by atoms with E-state index in [2.05, 4.69) is 4.98 Å². The molecule has 0 bridgehead atoms. The van der Waals surface area contributed by atoms with E-state index in [1.165, 1.54) is 17.0 Å². The number of Topliss-reactive ketones (excluding diaryl/α,β-unsaturated/α-hetero) is 1. The molecule has 2 aromatic rings. The van der Waals surface area contributed by atoms with Crippen LogP contribution in [0.4, 0.5) is 4.39 Å². The number of carbonyl (C=O) groups excluding carboxylic acids is 2. The van der Waals surface area contributed by atoms with Gasteiger partial charge in [0.05, 0.1) is 11.6 Å². The van der Waals surface area contributed by atoms with Crippen LogP contribution in [0.15, 0.2) is 60.1 Å². The molecule has 1 N–H and O–H groups in total. The van der Waals surface area contributed by atoms with Gasteiger partial charge in [-0.15, -0.1) is 0 Å². The van der Waals surface area contributed by atoms with Crippen LogP contribution in [-0.2, 0) is 16.0 Å². The van der Waals surface area contributed by atoms with Crippen LogP contribution in [-0.4, -0.2) is 33.2 Å². The minimum atomic E-state index is -0.663. The van der Waals surface area contributed by atoms with Crippen molar-refractivity contribution < 1.29 is 19.1 Å². The third-order valence-electron chi connectivity index (χ3n) is 4.48. The Balaban J connectivity index is 1.91. The normalized spacial score (nSPS) is 17.1. The molecule has 2 heterocycles. The van der Waals surface area contributed by atoms with Gasteiger partial charge in [-0.2, -0.15) is 0 Å². The molecule has 0 radical (unpaired) electrons. The number of nitrogens with zero attached hydrogens (tertiary/aromatic N) is 2. The molecular weight excluding hydrogens is 335 g/mol. The first-order valence-corrected chi connectivity index (χ1v) is 8.44. The van der Waals surface area contributed by atoms with Crippen LogP contribution in [0, 0.1) is 5.82 Å². The number of carbonyl (C=O) groups is 2. The van der Waals surface area contributed by atoms with Gasteiger partial charge in [-0.25, -0.2) is 4.39 Å². The lowest BCUT2D eigenvalue weighted by Gasteiger charge is -2.26. The number of hydrogen-bond donors (Lipinski definition) is 1. The lowest BCUT2D eigenvalue weighted by Crippen LogP contribution is -2.33. The van der Waals surface area contributed by atoms with Crippen molar-refractivity contribution in [2.24, 2.45) is 0 Å². The number of aliphatic hydroxyl groups is 1. The molecule has 134 valence electrons. The fourth-order valence-electron chi connectivity index (χ4n) is 3.14. The van der Waals surface area contributed by atoms with E-state index in [1.807, 2.05) is 0 Å². The van der Waals surface area contributed by atoms with Crippen molar-refractivity contribution in [2.45, 2.75) is 25.8 Å². The van der Waals surface area contributed by atoms with E-state index in [-0.39, 0.29) is 30.1 Å². The Morgan fingerprint density at radius 3 is 2.62 bits per heavy atom. The molecule has 0 aliphatic carbocycles. The van der Waals surface area contributed by atoms with Crippen LogP contribution in [0.1, 0.15) is 30.5 Å². The number of ketones is 1. The van der Waals surface area contributed by atoms with Crippen LogP contribution < -0.4 is 0 Å². The first-order valence-electron chi connectivity index (χ1n) is 8.44. The molecular formula is C20H19FN2O3. The number of hydrogen-bond acceptors (Lipinski definition) is 4. The number of pyridine rings is 1. The van der Waals surface area contributed by atoms with E-state index >= 15 is 0 Å². The second-order valence-electron chi connectivity index (χ2n) is 6.10. The third kappa shape index (κ3) is 3.35. The van der Waals surface area contributed by atoms with Gasteiger partial charge in [0, 0.05) is 25.4 Å². The number of halogens is 1. The van der Waals surface area contributed by atoms with Crippen molar-refractivity contribution >= 4 is 11.7 Å². The van der Waals surface area contributed by atoms with E-state index in [1.54, 1.807) is 43.6 Å². The van der Waals surface area contributed by atoms with Crippen LogP contribution >= 0.6 is 0 Å². The number of rotatable bonds is 6. The third-order valence-corrected chi connectivity index (χ3v) is 4.48. The van der Waals surface area contributed by atoms with Gasteiger partial charge >= 0.3 is 0 Å². The number of amides is 1. The first-order chi connectivity index (χ1) is 12.5. The SMILES string of the molecule is CCC(=O)C1=C(O)C(=O)N(CCc2ccc(F)cc2)C1c1cccnc1. The quantitative estimate of drug-likeness (QED) is 0.865. The Kier molecular flexibility index (Phi) is 5.11. The van der Waals surface area contributed by atoms with Crippen molar-refractivity contribution in [2.75, 3.05) is 6.54 Å². The van der Waals surface area contributed by atoms with E-state index in [0.29, 0.717) is 12.0 Å². The molecule has 1 aromatic heterocycles. The monoisotopic (exact) mass is 354 g/mol. The molecule has 1 aromatic carbocycles. The molecule has 1 unspecified atom stereocenters. The van der Waals surface area contributed by atoms with E-state index in [0.717, 1.165) is 5.56 Å². The summed E-state index contributed by atoms with van der Waals surface area (Å²) >= 11 is 0. The second kappa shape index (κ2) is 7.47. The summed E-state index contributed by atoms with van der Waals surface area (Å²) in [5.74, 6) is -1.66. The molecule has 6 heteroatoms. The van der Waals surface area contributed by atoms with Gasteiger partial charge in [0.1, 0.15) is 5.82 Å². The van der Waals surface area contributed by atoms with Crippen molar-refractivity contribution in [3.8, 4) is 0 Å². The summed E-state index contributed by atoms with van der Waals surface area (Å²) in [4.78, 5) is 30.5. The van der Waals surface area contributed by atoms with Crippen LogP contribution in [0.5, 0.6) is 0 Å². The van der Waals surface area contributed by atoms with Gasteiger partial charge in [-0.3, -0.25) is 14.6 Å². The highest BCUT2D eigenvalue weighted by atomic mass is 19.1. The van der Waals surface area contributed by atoms with Crippen molar-refractivity contribution in [1.82, 2.24) is 9.88 Å². The van der Waals surface area contributed by atoms with Gasteiger partial charge in [-0.05, 0) is 35.7 Å². The Morgan fingerprint density at radius 2 is 2.00 bits per heavy atom. The van der Waals surface area contributed by atoms with Crippen LogP contribution in [0.25, 0.3) is 0 Å². The number of benzene rings is 1. The van der Waals surface area contributed by atoms with E-state index in [4.69, 9.17) is 0 Å². The summed E-state index contributed by atoms with van der Waals surface area (Å²) in [6.45, 7) is 1.98. The topological polar surface area (TPSA) is 70.5 Å². The van der Waals surface area contributed by atoms with Crippen molar-refractivity contribution in [1.29, 1.82) is 0 Å². The van der Waals surface area contributed by atoms with Crippen molar-refractivity contribution in [3.05, 3.63) is 77.1 Å². The first kappa shape index (κ1) is 17.8. The summed E-state index contributed by atoms with van der Waals surface area (Å²) in [5.41, 5.74) is 1.64. The predicted octanol–water partition coefficient (Wildman–Crippen LogP) is 3.14. The van der Waals surface area contributed by atoms with E-state index < -0.39 is 17.7 Å². The fourth-order valence-corrected chi connectivity index (χ4v) is 3.14. The summed E-state index contributed by atoms with van der Waals surface area (Å²) in [6.07, 6.45) is 3.86. The minimum absolute atomic E-state index is 0.115. The average Bonchev–Trinajstić information content (AvgIpc) is 2.92. The molecule has 0 spiro atoms. The zero-order valence-electron chi connectivity index (χ0n) is 14.4. The maximum atomic E-state index is 13.1. The van der Waals surface area contributed by atoms with Gasteiger partial charge in [0.25, 0.3) is 5.91 Å². The zero-order valence-corrected chi connectivity index (χ0v) is 14.4. The highest BCUT2D eigenvalue weighted by molar-refractivity contribution is 6.08. The molecule has 1 aliphatic rings. The Hall–Kier alpha value is -3.02. The fraction of sp³-hybridized carbons (Fsp3) is 0.250. The van der Waals surface area contributed by atoms with E-state index in [9.17, 15) is 19.1 Å². The molecule has 0 saturated carbocycles. The van der Waals surface area contributed by atoms with Gasteiger partial charge in [-0.1, -0.05) is 25.1 Å². The highest BCUT2D eigenvalue weighted by Crippen LogP contribution is 2.37. The largest absolute Gasteiger partial charge is 0.503 e. The molecule has 1 amide bonds. The summed E-state index contributed by atoms with van der Waals surface area (Å²) in [5, 5.41) is 10.3. The highest BCUT2D eigenvalue weighted by Gasteiger charge is 2.42. The molecule has 26 heavy (non-hydrogen) atoms. The minimum Gasteiger partial charge on any atom is -0.503 e. The van der Waals surface area contributed by atoms with Crippen LogP contribution in [0.3, 0.4) is 0 Å². The second-order valence-corrected chi connectivity index (χ2v) is 6.10. The maximum absolute atomic E-state index is 13.1. The molecule has 0 fully saturated rings.